The number of epoxide rings is 1. The zero-order chi connectivity index (χ0) is 23.1. The zero-order valence-electron chi connectivity index (χ0n) is 19.8. The fourth-order valence-corrected chi connectivity index (χ4v) is 5.50. The second-order valence-corrected chi connectivity index (χ2v) is 11.0. The van der Waals surface area contributed by atoms with E-state index in [9.17, 15) is 5.11 Å². The van der Waals surface area contributed by atoms with E-state index in [0.29, 0.717) is 22.0 Å². The molecule has 0 saturated carbocycles. The quantitative estimate of drug-likeness (QED) is 0.154. The molecule has 2 aliphatic rings. The van der Waals surface area contributed by atoms with Crippen LogP contribution in [0.25, 0.3) is 0 Å². The lowest BCUT2D eigenvalue weighted by atomic mass is 9.73. The highest BCUT2D eigenvalue weighted by atomic mass is 32.2. The minimum absolute atomic E-state index is 0.0563. The van der Waals surface area contributed by atoms with Crippen molar-refractivity contribution in [2.75, 3.05) is 12.4 Å². The lowest BCUT2D eigenvalue weighted by molar-refractivity contribution is 0.395. The maximum atomic E-state index is 11.2. The molecule has 1 saturated heterocycles. The van der Waals surface area contributed by atoms with Gasteiger partial charge in [-0.1, -0.05) is 55.3 Å². The van der Waals surface area contributed by atoms with E-state index < -0.39 is 0 Å². The lowest BCUT2D eigenvalue weighted by Gasteiger charge is -2.32. The number of aryl methyl sites for hydroxylation is 1. The fraction of sp³-hybridized carbons (Fsp3) is 0.593. The van der Waals surface area contributed by atoms with Gasteiger partial charge in [0.15, 0.2) is 0 Å². The summed E-state index contributed by atoms with van der Waals surface area (Å²) in [6.07, 6.45) is 11.4. The number of hydrogen-bond donors (Lipinski definition) is 1. The SMILES string of the molecule is C=C(C)[C@@H]1CCC(C)=C[C@H]1c1c(O)cc(CCCCC)cc1OC(=S)SCCCC1CO1. The van der Waals surface area contributed by atoms with Crippen LogP contribution in [0.1, 0.15) is 82.8 Å². The summed E-state index contributed by atoms with van der Waals surface area (Å²) in [5.74, 6) is 2.29. The predicted octanol–water partition coefficient (Wildman–Crippen LogP) is 7.72. The van der Waals surface area contributed by atoms with Gasteiger partial charge in [0.05, 0.1) is 12.7 Å². The van der Waals surface area contributed by atoms with Gasteiger partial charge in [-0.2, -0.15) is 0 Å². The zero-order valence-corrected chi connectivity index (χ0v) is 21.5. The molecule has 1 aliphatic carbocycles. The number of thiocarbonyl (C=S) groups is 1. The molecule has 0 spiro atoms. The first kappa shape index (κ1) is 25.3. The molecule has 1 fully saturated rings. The first-order valence-corrected chi connectivity index (χ1v) is 13.4. The minimum Gasteiger partial charge on any atom is -0.507 e. The van der Waals surface area contributed by atoms with E-state index in [1.54, 1.807) is 11.8 Å². The maximum Gasteiger partial charge on any atom is 0.225 e. The number of ether oxygens (including phenoxy) is 2. The average Bonchev–Trinajstić information content (AvgIpc) is 3.55. The highest BCUT2D eigenvalue weighted by molar-refractivity contribution is 8.22. The first-order valence-electron chi connectivity index (χ1n) is 12.0. The Hall–Kier alpha value is -1.30. The molecular formula is C27H38O3S2. The largest absolute Gasteiger partial charge is 0.507 e. The Labute approximate surface area is 203 Å². The molecule has 3 atom stereocenters. The standard InChI is InChI=1S/C27H38O3S2/c1-5-6-7-9-20-15-24(28)26(23-14-19(4)11-12-22(23)18(2)3)25(16-20)30-27(31)32-13-8-10-21-17-29-21/h14-16,21-23,28H,2,5-13,17H2,1,3-4H3/t21?,22-,23+/m0/s1. The molecule has 0 bridgehead atoms. The third-order valence-electron chi connectivity index (χ3n) is 6.45. The third-order valence-corrected chi connectivity index (χ3v) is 7.70. The Morgan fingerprint density at radius 3 is 2.78 bits per heavy atom. The predicted molar refractivity (Wildman–Crippen MR) is 140 cm³/mol. The molecule has 1 aliphatic heterocycles. The van der Waals surface area contributed by atoms with Crippen LogP contribution in [-0.4, -0.2) is 28.0 Å². The van der Waals surface area contributed by atoms with E-state index in [-0.39, 0.29) is 11.8 Å². The van der Waals surface area contributed by atoms with Crippen LogP contribution in [-0.2, 0) is 11.2 Å². The van der Waals surface area contributed by atoms with Crippen molar-refractivity contribution in [3.63, 3.8) is 0 Å². The Kier molecular flexibility index (Phi) is 9.69. The second kappa shape index (κ2) is 12.2. The summed E-state index contributed by atoms with van der Waals surface area (Å²) in [7, 11) is 0. The van der Waals surface area contributed by atoms with Crippen molar-refractivity contribution in [2.45, 2.75) is 84.2 Å². The Bertz CT molecular complexity index is 842. The highest BCUT2D eigenvalue weighted by Crippen LogP contribution is 2.47. The first-order chi connectivity index (χ1) is 15.4. The average molecular weight is 475 g/mol. The van der Waals surface area contributed by atoms with E-state index in [1.165, 1.54) is 18.4 Å². The smallest absolute Gasteiger partial charge is 0.225 e. The summed E-state index contributed by atoms with van der Waals surface area (Å²) >= 11 is 7.16. The summed E-state index contributed by atoms with van der Waals surface area (Å²) in [5.41, 5.74) is 4.46. The van der Waals surface area contributed by atoms with Crippen molar-refractivity contribution < 1.29 is 14.6 Å². The molecular weight excluding hydrogens is 436 g/mol. The van der Waals surface area contributed by atoms with Crippen molar-refractivity contribution in [1.82, 2.24) is 0 Å². The molecule has 5 heteroatoms. The van der Waals surface area contributed by atoms with Crippen molar-refractivity contribution in [1.29, 1.82) is 0 Å². The van der Waals surface area contributed by atoms with Gasteiger partial charge in [-0.15, -0.1) is 0 Å². The molecule has 1 unspecified atom stereocenters. The van der Waals surface area contributed by atoms with Crippen LogP contribution in [0.3, 0.4) is 0 Å². The maximum absolute atomic E-state index is 11.2. The molecule has 176 valence electrons. The van der Waals surface area contributed by atoms with Crippen LogP contribution < -0.4 is 4.74 Å². The van der Waals surface area contributed by atoms with E-state index in [1.807, 2.05) is 6.07 Å². The van der Waals surface area contributed by atoms with Crippen molar-refractivity contribution >= 4 is 28.4 Å². The van der Waals surface area contributed by atoms with E-state index in [2.05, 4.69) is 39.5 Å². The van der Waals surface area contributed by atoms with Crippen LogP contribution in [0.15, 0.2) is 35.9 Å². The Balaban J connectivity index is 1.83. The van der Waals surface area contributed by atoms with Gasteiger partial charge in [-0.05, 0) is 88.2 Å². The number of phenols is 1. The van der Waals surface area contributed by atoms with Gasteiger partial charge in [0, 0.05) is 17.2 Å². The third kappa shape index (κ3) is 7.36. The minimum atomic E-state index is 0.0563. The van der Waals surface area contributed by atoms with Crippen LogP contribution in [0.2, 0.25) is 0 Å². The number of hydrogen-bond acceptors (Lipinski definition) is 5. The number of thioether (sulfide) groups is 1. The van der Waals surface area contributed by atoms with Gasteiger partial charge >= 0.3 is 0 Å². The van der Waals surface area contributed by atoms with Crippen molar-refractivity contribution in [3.8, 4) is 11.5 Å². The monoisotopic (exact) mass is 474 g/mol. The molecule has 1 aromatic carbocycles. The molecule has 0 aromatic heterocycles. The fourth-order valence-electron chi connectivity index (χ4n) is 4.54. The van der Waals surface area contributed by atoms with Gasteiger partial charge in [0.1, 0.15) is 11.5 Å². The van der Waals surface area contributed by atoms with E-state index in [4.69, 9.17) is 21.7 Å². The molecule has 0 radical (unpaired) electrons. The summed E-state index contributed by atoms with van der Waals surface area (Å²) in [4.78, 5) is 0. The second-order valence-electron chi connectivity index (χ2n) is 9.31. The number of benzene rings is 1. The number of unbranched alkanes of at least 4 members (excludes halogenated alkanes) is 2. The summed E-state index contributed by atoms with van der Waals surface area (Å²) in [6, 6.07) is 4.03. The van der Waals surface area contributed by atoms with Crippen LogP contribution >= 0.6 is 24.0 Å². The van der Waals surface area contributed by atoms with Crippen LogP contribution in [0, 0.1) is 5.92 Å². The molecule has 3 rings (SSSR count). The Morgan fingerprint density at radius 1 is 1.31 bits per heavy atom. The molecule has 1 heterocycles. The van der Waals surface area contributed by atoms with Gasteiger partial charge < -0.3 is 14.6 Å². The topological polar surface area (TPSA) is 42.0 Å². The normalized spacial score (nSPS) is 22.3. The molecule has 1 N–H and O–H groups in total. The van der Waals surface area contributed by atoms with Gasteiger partial charge in [-0.25, -0.2) is 0 Å². The van der Waals surface area contributed by atoms with Crippen molar-refractivity contribution in [2.24, 2.45) is 5.92 Å². The highest BCUT2D eigenvalue weighted by Gasteiger charge is 2.31. The number of rotatable bonds is 11. The number of aromatic hydroxyl groups is 1. The summed E-state index contributed by atoms with van der Waals surface area (Å²) < 4.78 is 12.1. The van der Waals surface area contributed by atoms with Gasteiger partial charge in [0.2, 0.25) is 4.38 Å². The van der Waals surface area contributed by atoms with E-state index >= 15 is 0 Å². The Morgan fingerprint density at radius 2 is 2.09 bits per heavy atom. The summed E-state index contributed by atoms with van der Waals surface area (Å²) in [6.45, 7) is 11.6. The van der Waals surface area contributed by atoms with E-state index in [0.717, 1.165) is 67.6 Å². The van der Waals surface area contributed by atoms with Gasteiger partial charge in [-0.3, -0.25) is 0 Å². The van der Waals surface area contributed by atoms with Crippen LogP contribution in [0.5, 0.6) is 11.5 Å². The molecule has 3 nitrogen and oxygen atoms in total. The summed E-state index contributed by atoms with van der Waals surface area (Å²) in [5, 5.41) is 11.2. The number of phenolic OH excluding ortho intramolecular Hbond substituents is 1. The molecule has 0 amide bonds. The molecule has 1 aromatic rings. The number of allylic oxidation sites excluding steroid dienone is 3. The molecule has 32 heavy (non-hydrogen) atoms. The lowest BCUT2D eigenvalue weighted by Crippen LogP contribution is -2.18. The van der Waals surface area contributed by atoms with Gasteiger partial charge in [0.25, 0.3) is 0 Å². The van der Waals surface area contributed by atoms with Crippen LogP contribution in [0.4, 0.5) is 0 Å². The van der Waals surface area contributed by atoms with Crippen molar-refractivity contribution in [3.05, 3.63) is 47.1 Å².